The summed E-state index contributed by atoms with van der Waals surface area (Å²) < 4.78 is 0. The van der Waals surface area contributed by atoms with Gasteiger partial charge in [-0.25, -0.2) is 0 Å². The molecule has 0 spiro atoms. The summed E-state index contributed by atoms with van der Waals surface area (Å²) in [4.78, 5) is 13.7. The highest BCUT2D eigenvalue weighted by molar-refractivity contribution is 7.10. The van der Waals surface area contributed by atoms with Crippen LogP contribution >= 0.6 is 11.3 Å². The van der Waals surface area contributed by atoms with E-state index in [-0.39, 0.29) is 12.5 Å². The van der Waals surface area contributed by atoms with E-state index in [1.165, 1.54) is 10.4 Å². The zero-order valence-corrected chi connectivity index (χ0v) is 10.6. The number of carboxylic acid groups (broad SMARTS) is 1. The van der Waals surface area contributed by atoms with Crippen molar-refractivity contribution in [3.63, 3.8) is 0 Å². The van der Waals surface area contributed by atoms with Gasteiger partial charge in [-0.3, -0.25) is 9.69 Å². The van der Waals surface area contributed by atoms with Crippen molar-refractivity contribution in [2.45, 2.75) is 25.4 Å². The van der Waals surface area contributed by atoms with E-state index in [2.05, 4.69) is 13.0 Å². The van der Waals surface area contributed by atoms with E-state index < -0.39 is 12.1 Å². The molecule has 1 saturated heterocycles. The second kappa shape index (κ2) is 5.16. The number of rotatable bonds is 3. The van der Waals surface area contributed by atoms with Gasteiger partial charge in [-0.15, -0.1) is 11.3 Å². The number of aliphatic hydroxyl groups is 1. The highest BCUT2D eigenvalue weighted by Gasteiger charge is 2.30. The van der Waals surface area contributed by atoms with E-state index in [0.717, 1.165) is 13.0 Å². The molecule has 0 amide bonds. The number of aryl methyl sites for hydroxylation is 1. The number of piperidine rings is 1. The third-order valence-electron chi connectivity index (χ3n) is 3.26. The number of hydrogen-bond donors (Lipinski definition) is 2. The van der Waals surface area contributed by atoms with E-state index in [0.29, 0.717) is 6.54 Å². The molecular formula is C12H17NO3S. The van der Waals surface area contributed by atoms with Gasteiger partial charge < -0.3 is 10.2 Å². The Hall–Kier alpha value is -0.910. The topological polar surface area (TPSA) is 60.8 Å². The predicted octanol–water partition coefficient (Wildman–Crippen LogP) is 1.29. The zero-order chi connectivity index (χ0) is 12.4. The van der Waals surface area contributed by atoms with Crippen LogP contribution in [-0.4, -0.2) is 46.8 Å². The van der Waals surface area contributed by atoms with Gasteiger partial charge in [0.1, 0.15) is 0 Å². The summed E-state index contributed by atoms with van der Waals surface area (Å²) in [6, 6.07) is 2.07. The van der Waals surface area contributed by atoms with Gasteiger partial charge in [0.15, 0.2) is 0 Å². The summed E-state index contributed by atoms with van der Waals surface area (Å²) >= 11 is 1.68. The van der Waals surface area contributed by atoms with Gasteiger partial charge in [-0.2, -0.15) is 0 Å². The minimum Gasteiger partial charge on any atom is -0.480 e. The summed E-state index contributed by atoms with van der Waals surface area (Å²) in [6.07, 6.45) is 0.371. The molecule has 17 heavy (non-hydrogen) atoms. The molecule has 1 fully saturated rings. The van der Waals surface area contributed by atoms with Crippen molar-refractivity contribution in [3.05, 3.63) is 21.9 Å². The number of β-amino-alcohol motifs (C(OH)–C–C–N with tert-alkyl or cyclic N) is 1. The molecular weight excluding hydrogens is 238 g/mol. The molecule has 1 aromatic heterocycles. The fourth-order valence-electron chi connectivity index (χ4n) is 2.40. The minimum atomic E-state index is -0.831. The summed E-state index contributed by atoms with van der Waals surface area (Å²) in [7, 11) is 0. The fourth-order valence-corrected chi connectivity index (χ4v) is 3.52. The Balaban J connectivity index is 2.01. The summed E-state index contributed by atoms with van der Waals surface area (Å²) in [6.45, 7) is 3.27. The van der Waals surface area contributed by atoms with Crippen molar-refractivity contribution in [2.75, 3.05) is 19.6 Å². The first-order chi connectivity index (χ1) is 8.08. The van der Waals surface area contributed by atoms with Gasteiger partial charge in [0, 0.05) is 17.3 Å². The first-order valence-electron chi connectivity index (χ1n) is 5.74. The first-order valence-corrected chi connectivity index (χ1v) is 6.62. The van der Waals surface area contributed by atoms with Crippen LogP contribution in [0.4, 0.5) is 0 Å². The molecule has 1 aliphatic rings. The number of carboxylic acids is 1. The smallest absolute Gasteiger partial charge is 0.317 e. The van der Waals surface area contributed by atoms with Gasteiger partial charge in [-0.05, 0) is 36.9 Å². The normalized spacial score (nSPS) is 26.0. The van der Waals surface area contributed by atoms with E-state index in [1.54, 1.807) is 16.2 Å². The quantitative estimate of drug-likeness (QED) is 0.854. The largest absolute Gasteiger partial charge is 0.480 e. The molecule has 0 saturated carbocycles. The van der Waals surface area contributed by atoms with Crippen molar-refractivity contribution in [3.8, 4) is 0 Å². The zero-order valence-electron chi connectivity index (χ0n) is 9.80. The fraction of sp³-hybridized carbons (Fsp3) is 0.583. The molecule has 0 bridgehead atoms. The maximum absolute atomic E-state index is 10.6. The number of aliphatic hydroxyl groups excluding tert-OH is 1. The molecule has 0 aromatic carbocycles. The van der Waals surface area contributed by atoms with Gasteiger partial charge in [-0.1, -0.05) is 0 Å². The minimum absolute atomic E-state index is 0.0210. The molecule has 0 aliphatic carbocycles. The molecule has 0 unspecified atom stereocenters. The van der Waals surface area contributed by atoms with E-state index >= 15 is 0 Å². The molecule has 1 aromatic rings. The van der Waals surface area contributed by atoms with Crippen molar-refractivity contribution in [1.29, 1.82) is 0 Å². The highest BCUT2D eigenvalue weighted by Crippen LogP contribution is 2.33. The van der Waals surface area contributed by atoms with Crippen molar-refractivity contribution in [1.82, 2.24) is 4.90 Å². The van der Waals surface area contributed by atoms with Crippen LogP contribution < -0.4 is 0 Å². The SMILES string of the molecule is Cc1ccsc1[C@@H]1CCN(CC(=O)O)C[C@H]1O. The van der Waals surface area contributed by atoms with Gasteiger partial charge in [0.2, 0.25) is 0 Å². The third-order valence-corrected chi connectivity index (χ3v) is 4.41. The Morgan fingerprint density at radius 1 is 1.65 bits per heavy atom. The second-order valence-electron chi connectivity index (χ2n) is 4.56. The lowest BCUT2D eigenvalue weighted by molar-refractivity contribution is -0.139. The molecule has 2 heterocycles. The number of thiophene rings is 1. The van der Waals surface area contributed by atoms with E-state index in [9.17, 15) is 9.90 Å². The number of carbonyl (C=O) groups is 1. The number of aliphatic carboxylic acids is 1. The number of nitrogens with zero attached hydrogens (tertiary/aromatic N) is 1. The lowest BCUT2D eigenvalue weighted by Gasteiger charge is -2.35. The number of likely N-dealkylation sites (tertiary alicyclic amines) is 1. The lowest BCUT2D eigenvalue weighted by atomic mass is 9.91. The summed E-state index contributed by atoms with van der Waals surface area (Å²) in [5.41, 5.74) is 1.23. The first kappa shape index (κ1) is 12.5. The van der Waals surface area contributed by atoms with Crippen LogP contribution in [-0.2, 0) is 4.79 Å². The van der Waals surface area contributed by atoms with Crippen LogP contribution in [0.5, 0.6) is 0 Å². The van der Waals surface area contributed by atoms with Crippen LogP contribution in [0.25, 0.3) is 0 Å². The molecule has 2 rings (SSSR count). The van der Waals surface area contributed by atoms with Crippen LogP contribution in [0.15, 0.2) is 11.4 Å². The summed E-state index contributed by atoms with van der Waals surface area (Å²) in [5.74, 6) is -0.664. The molecule has 0 radical (unpaired) electrons. The van der Waals surface area contributed by atoms with Crippen molar-refractivity contribution >= 4 is 17.3 Å². The van der Waals surface area contributed by atoms with E-state index in [4.69, 9.17) is 5.11 Å². The molecule has 5 heteroatoms. The predicted molar refractivity (Wildman–Crippen MR) is 66.5 cm³/mol. The van der Waals surface area contributed by atoms with Crippen LogP contribution in [0.2, 0.25) is 0 Å². The average molecular weight is 255 g/mol. The Bertz CT molecular complexity index is 404. The Labute approximate surface area is 104 Å². The maximum Gasteiger partial charge on any atom is 0.317 e. The maximum atomic E-state index is 10.6. The molecule has 94 valence electrons. The molecule has 1 aliphatic heterocycles. The molecule has 2 atom stereocenters. The summed E-state index contributed by atoms with van der Waals surface area (Å²) in [5, 5.41) is 20.9. The number of hydrogen-bond acceptors (Lipinski definition) is 4. The third kappa shape index (κ3) is 2.86. The van der Waals surface area contributed by atoms with Gasteiger partial charge in [0.25, 0.3) is 0 Å². The second-order valence-corrected chi connectivity index (χ2v) is 5.51. The average Bonchev–Trinajstić information content (AvgIpc) is 2.64. The van der Waals surface area contributed by atoms with E-state index in [1.807, 2.05) is 5.38 Å². The van der Waals surface area contributed by atoms with Gasteiger partial charge in [0.05, 0.1) is 12.6 Å². The van der Waals surface area contributed by atoms with Gasteiger partial charge >= 0.3 is 5.97 Å². The van der Waals surface area contributed by atoms with Crippen LogP contribution in [0.1, 0.15) is 22.8 Å². The Morgan fingerprint density at radius 2 is 2.41 bits per heavy atom. The monoisotopic (exact) mass is 255 g/mol. The van der Waals surface area contributed by atoms with Crippen molar-refractivity contribution < 1.29 is 15.0 Å². The Morgan fingerprint density at radius 3 is 2.94 bits per heavy atom. The lowest BCUT2D eigenvalue weighted by Crippen LogP contribution is -2.44. The Kier molecular flexibility index (Phi) is 3.81. The standard InChI is InChI=1S/C12H17NO3S/c1-8-3-5-17-12(8)9-2-4-13(6-10(9)14)7-11(15)16/h3,5,9-10,14H,2,4,6-7H2,1H3,(H,15,16)/t9-,10-/m1/s1. The highest BCUT2D eigenvalue weighted by atomic mass is 32.1. The van der Waals surface area contributed by atoms with Crippen LogP contribution in [0.3, 0.4) is 0 Å². The van der Waals surface area contributed by atoms with Crippen molar-refractivity contribution in [2.24, 2.45) is 0 Å². The van der Waals surface area contributed by atoms with Crippen LogP contribution in [0, 0.1) is 6.92 Å². The molecule has 2 N–H and O–H groups in total. The molecule has 4 nitrogen and oxygen atoms in total.